The lowest BCUT2D eigenvalue weighted by molar-refractivity contribution is 0.384. The molecule has 2 heterocycles. The van der Waals surface area contributed by atoms with Gasteiger partial charge in [0.15, 0.2) is 0 Å². The maximum Gasteiger partial charge on any atom is 0.446 e. The summed E-state index contributed by atoms with van der Waals surface area (Å²) in [5, 5.41) is 0.968. The predicted octanol–water partition coefficient (Wildman–Crippen LogP) is 5.84. The summed E-state index contributed by atoms with van der Waals surface area (Å²) >= 11 is 0. The number of para-hydroxylation sites is 2. The average molecular weight is 747 g/mol. The third-order valence-corrected chi connectivity index (χ3v) is 9.17. The monoisotopic (exact) mass is 746 g/mol. The summed E-state index contributed by atoms with van der Waals surface area (Å²) in [4.78, 5) is 36.5. The zero-order chi connectivity index (χ0) is 36.9. The molecule has 0 radical (unpaired) electrons. The fourth-order valence-electron chi connectivity index (χ4n) is 6.00. The van der Waals surface area contributed by atoms with E-state index in [0.29, 0.717) is 70.5 Å². The van der Waals surface area contributed by atoms with Crippen LogP contribution >= 0.6 is 0 Å². The largest absolute Gasteiger partial charge is 0.446 e. The van der Waals surface area contributed by atoms with Crippen LogP contribution in [-0.2, 0) is 33.9 Å². The number of fused-ring (bicyclic) bond motifs is 2. The molecule has 0 aliphatic carbocycles. The van der Waals surface area contributed by atoms with Crippen LogP contribution in [0.4, 0.5) is 0 Å². The van der Waals surface area contributed by atoms with Gasteiger partial charge in [0, 0.05) is 24.2 Å². The second kappa shape index (κ2) is 15.4. The molecular weight excluding hydrogens is 713 g/mol. The van der Waals surface area contributed by atoms with Crippen LogP contribution in [0.5, 0.6) is 11.5 Å². The molecule has 0 unspecified atom stereocenters. The van der Waals surface area contributed by atoms with Gasteiger partial charge in [0.2, 0.25) is 0 Å². The number of hydrogen-bond donors (Lipinski definition) is 2. The smallest absolute Gasteiger partial charge is 0.362 e. The molecule has 0 aliphatic rings. The molecule has 2 N–H and O–H groups in total. The summed E-state index contributed by atoms with van der Waals surface area (Å²) in [5.74, 6) is 0.684. The van der Waals surface area contributed by atoms with E-state index in [2.05, 4.69) is 8.37 Å². The molecule has 52 heavy (non-hydrogen) atoms. The zero-order valence-electron chi connectivity index (χ0n) is 27.7. The Kier molecular flexibility index (Phi) is 10.8. The van der Waals surface area contributed by atoms with Crippen LogP contribution in [0.2, 0.25) is 0 Å². The van der Waals surface area contributed by atoms with Gasteiger partial charge in [0.05, 0.1) is 21.8 Å². The fourth-order valence-corrected chi connectivity index (χ4v) is 6.71. The SMILES string of the molecule is O=c1c2ccccc2nc(-c2ccc(OS(=O)(=O)O)cc2)n1CCCCCCCCn1c(-c2ccc(OS(=O)(=O)O)cc2)nc2ccccc2c1=O. The Balaban J connectivity index is 1.09. The molecule has 270 valence electrons. The van der Waals surface area contributed by atoms with E-state index in [0.717, 1.165) is 25.7 Å². The second-order valence-electron chi connectivity index (χ2n) is 12.0. The fraction of sp³-hybridized carbons (Fsp3) is 0.222. The van der Waals surface area contributed by atoms with Gasteiger partial charge in [0.1, 0.15) is 23.1 Å². The first-order chi connectivity index (χ1) is 24.9. The summed E-state index contributed by atoms with van der Waals surface area (Å²) in [5.41, 5.74) is 1.83. The van der Waals surface area contributed by atoms with Gasteiger partial charge in [-0.1, -0.05) is 49.9 Å². The van der Waals surface area contributed by atoms with Gasteiger partial charge in [-0.05, 0) is 85.6 Å². The topological polar surface area (TPSA) is 197 Å². The van der Waals surface area contributed by atoms with Crippen molar-refractivity contribution in [1.29, 1.82) is 0 Å². The molecule has 6 aromatic rings. The van der Waals surface area contributed by atoms with E-state index >= 15 is 0 Å². The maximum atomic E-state index is 13.5. The Morgan fingerprint density at radius 1 is 0.500 bits per heavy atom. The maximum absolute atomic E-state index is 13.5. The zero-order valence-corrected chi connectivity index (χ0v) is 29.3. The van der Waals surface area contributed by atoms with Crippen molar-refractivity contribution in [3.63, 3.8) is 0 Å². The van der Waals surface area contributed by atoms with Gasteiger partial charge in [-0.3, -0.25) is 27.8 Å². The highest BCUT2D eigenvalue weighted by Gasteiger charge is 2.16. The highest BCUT2D eigenvalue weighted by molar-refractivity contribution is 7.81. The van der Waals surface area contributed by atoms with E-state index in [1.165, 1.54) is 24.3 Å². The molecule has 0 aliphatic heterocycles. The lowest BCUT2D eigenvalue weighted by Gasteiger charge is -2.15. The summed E-state index contributed by atoms with van der Waals surface area (Å²) in [7, 11) is -9.36. The van der Waals surface area contributed by atoms with E-state index in [1.807, 2.05) is 0 Å². The standard InChI is InChI=1S/C36H34N4O10S2/c41-35-29-11-5-7-13-31(29)37-33(25-15-19-27(20-16-25)49-51(43,44)45)39(35)23-9-3-1-2-4-10-24-40-34(38-32-14-8-6-12-30(32)36(40)42)26-17-21-28(22-18-26)50-52(46,47)48/h5-8,11-22H,1-4,9-10,23-24H2,(H,43,44,45)(H,46,47,48). The van der Waals surface area contributed by atoms with Crippen molar-refractivity contribution < 1.29 is 34.3 Å². The highest BCUT2D eigenvalue weighted by Crippen LogP contribution is 2.25. The van der Waals surface area contributed by atoms with Crippen molar-refractivity contribution >= 4 is 42.6 Å². The Bertz CT molecular complexity index is 2390. The Hall–Kier alpha value is -5.42. The van der Waals surface area contributed by atoms with E-state index < -0.39 is 20.8 Å². The van der Waals surface area contributed by atoms with Crippen LogP contribution in [-0.4, -0.2) is 45.0 Å². The van der Waals surface area contributed by atoms with E-state index in [1.54, 1.807) is 81.9 Å². The second-order valence-corrected chi connectivity index (χ2v) is 14.1. The normalized spacial score (nSPS) is 12.0. The number of hydrogen-bond acceptors (Lipinski definition) is 10. The summed E-state index contributed by atoms with van der Waals surface area (Å²) in [6.45, 7) is 0.815. The molecule has 4 aromatic carbocycles. The average Bonchev–Trinajstić information content (AvgIpc) is 3.10. The molecular formula is C36H34N4O10S2. The molecule has 6 rings (SSSR count). The first-order valence-corrected chi connectivity index (χ1v) is 19.1. The molecule has 0 bridgehead atoms. The molecule has 0 amide bonds. The molecule has 0 saturated heterocycles. The van der Waals surface area contributed by atoms with Gasteiger partial charge < -0.3 is 8.37 Å². The number of aromatic nitrogens is 4. The van der Waals surface area contributed by atoms with E-state index in [4.69, 9.17) is 19.1 Å². The Morgan fingerprint density at radius 3 is 1.21 bits per heavy atom. The Morgan fingerprint density at radius 2 is 0.846 bits per heavy atom. The van der Waals surface area contributed by atoms with Crippen molar-refractivity contribution in [3.8, 4) is 34.3 Å². The van der Waals surface area contributed by atoms with Crippen molar-refractivity contribution in [2.24, 2.45) is 0 Å². The van der Waals surface area contributed by atoms with Crippen LogP contribution in [0, 0.1) is 0 Å². The minimum Gasteiger partial charge on any atom is -0.362 e. The molecule has 0 atom stereocenters. The number of nitrogens with zero attached hydrogens (tertiary/aromatic N) is 4. The molecule has 14 nitrogen and oxygen atoms in total. The minimum atomic E-state index is -4.68. The van der Waals surface area contributed by atoms with Gasteiger partial charge in [-0.25, -0.2) is 9.97 Å². The number of rotatable bonds is 15. The van der Waals surface area contributed by atoms with Crippen LogP contribution in [0.15, 0.2) is 107 Å². The molecule has 0 fully saturated rings. The van der Waals surface area contributed by atoms with Gasteiger partial charge >= 0.3 is 20.8 Å². The Labute approximate surface area is 298 Å². The quantitative estimate of drug-likeness (QED) is 0.0942. The summed E-state index contributed by atoms with van der Waals surface area (Å²) in [6, 6.07) is 25.9. The lowest BCUT2D eigenvalue weighted by atomic mass is 10.1. The third kappa shape index (κ3) is 8.89. The van der Waals surface area contributed by atoms with E-state index in [-0.39, 0.29) is 22.6 Å². The van der Waals surface area contributed by atoms with Gasteiger partial charge in [-0.2, -0.15) is 16.8 Å². The molecule has 0 saturated carbocycles. The van der Waals surface area contributed by atoms with Crippen LogP contribution in [0.25, 0.3) is 44.6 Å². The van der Waals surface area contributed by atoms with Crippen molar-refractivity contribution in [3.05, 3.63) is 118 Å². The van der Waals surface area contributed by atoms with Gasteiger partial charge in [0.25, 0.3) is 11.1 Å². The first-order valence-electron chi connectivity index (χ1n) is 16.4. The summed E-state index contributed by atoms with van der Waals surface area (Å²) < 4.78 is 74.6. The predicted molar refractivity (Wildman–Crippen MR) is 195 cm³/mol. The van der Waals surface area contributed by atoms with Crippen LogP contribution in [0.1, 0.15) is 38.5 Å². The molecule has 0 spiro atoms. The van der Waals surface area contributed by atoms with Crippen LogP contribution in [0.3, 0.4) is 0 Å². The van der Waals surface area contributed by atoms with Crippen LogP contribution < -0.4 is 19.5 Å². The summed E-state index contributed by atoms with van der Waals surface area (Å²) in [6.07, 6.45) is 4.85. The minimum absolute atomic E-state index is 0.0820. The van der Waals surface area contributed by atoms with Crippen molar-refractivity contribution in [1.82, 2.24) is 19.1 Å². The molecule has 16 heteroatoms. The molecule has 2 aromatic heterocycles. The number of unbranched alkanes of at least 4 members (excludes halogenated alkanes) is 5. The van der Waals surface area contributed by atoms with E-state index in [9.17, 15) is 26.4 Å². The first kappa shape index (κ1) is 36.4. The highest BCUT2D eigenvalue weighted by atomic mass is 32.3. The van der Waals surface area contributed by atoms with Crippen molar-refractivity contribution in [2.75, 3.05) is 0 Å². The number of benzene rings is 4. The lowest BCUT2D eigenvalue weighted by Crippen LogP contribution is -2.24. The van der Waals surface area contributed by atoms with Crippen molar-refractivity contribution in [2.45, 2.75) is 51.6 Å². The third-order valence-electron chi connectivity index (χ3n) is 8.36. The van der Waals surface area contributed by atoms with Gasteiger partial charge in [-0.15, -0.1) is 0 Å².